The molecule has 1 aromatic rings. The Morgan fingerprint density at radius 2 is 1.60 bits per heavy atom. The molecule has 0 aromatic carbocycles. The van der Waals surface area contributed by atoms with Crippen molar-refractivity contribution in [3.05, 3.63) is 11.6 Å². The molecular weight excluding hydrogens is 248 g/mol. The molecule has 1 heterocycles. The molecule has 4 bridgehead atoms. The van der Waals surface area contributed by atoms with Gasteiger partial charge in [-0.1, -0.05) is 0 Å². The van der Waals surface area contributed by atoms with Crippen LogP contribution in [0.15, 0.2) is 0 Å². The number of nitrogen functional groups attached to an aromatic ring is 1. The van der Waals surface area contributed by atoms with E-state index in [0.29, 0.717) is 11.4 Å². The van der Waals surface area contributed by atoms with Gasteiger partial charge >= 0.3 is 0 Å². The standard InChI is InChI=1S/C16H24N4/c1-10-18-14(20-15(17)19-10)2-3-16-7-11-4-12(8-16)6-13(5-11)9-16/h11-13H,2-9H2,1H3,(H2,17,18,19,20). The van der Waals surface area contributed by atoms with Gasteiger partial charge in [0.25, 0.3) is 0 Å². The van der Waals surface area contributed by atoms with E-state index in [0.717, 1.165) is 35.8 Å². The number of anilines is 1. The fraction of sp³-hybridized carbons (Fsp3) is 0.812. The summed E-state index contributed by atoms with van der Waals surface area (Å²) in [4.78, 5) is 12.8. The number of hydrogen-bond acceptors (Lipinski definition) is 4. The highest BCUT2D eigenvalue weighted by Crippen LogP contribution is 2.61. The lowest BCUT2D eigenvalue weighted by Gasteiger charge is -2.57. The van der Waals surface area contributed by atoms with Crippen LogP contribution in [0.2, 0.25) is 0 Å². The number of rotatable bonds is 3. The summed E-state index contributed by atoms with van der Waals surface area (Å²) in [5.41, 5.74) is 6.33. The maximum atomic E-state index is 5.73. The third kappa shape index (κ3) is 2.19. The summed E-state index contributed by atoms with van der Waals surface area (Å²) >= 11 is 0. The molecule has 0 unspecified atom stereocenters. The van der Waals surface area contributed by atoms with Gasteiger partial charge in [-0.2, -0.15) is 9.97 Å². The molecule has 4 aliphatic carbocycles. The van der Waals surface area contributed by atoms with Crippen LogP contribution < -0.4 is 5.73 Å². The minimum absolute atomic E-state index is 0.373. The third-order valence-electron chi connectivity index (χ3n) is 5.85. The average molecular weight is 272 g/mol. The molecule has 4 nitrogen and oxygen atoms in total. The summed E-state index contributed by atoms with van der Waals surface area (Å²) in [7, 11) is 0. The lowest BCUT2D eigenvalue weighted by molar-refractivity contribution is -0.0572. The van der Waals surface area contributed by atoms with Crippen LogP contribution in [-0.2, 0) is 6.42 Å². The van der Waals surface area contributed by atoms with Gasteiger partial charge in [-0.3, -0.25) is 0 Å². The van der Waals surface area contributed by atoms with E-state index in [2.05, 4.69) is 15.0 Å². The van der Waals surface area contributed by atoms with Crippen LogP contribution in [0.1, 0.15) is 56.6 Å². The molecule has 4 fully saturated rings. The van der Waals surface area contributed by atoms with E-state index in [-0.39, 0.29) is 0 Å². The molecule has 4 heteroatoms. The summed E-state index contributed by atoms with van der Waals surface area (Å²) in [5, 5.41) is 0. The van der Waals surface area contributed by atoms with E-state index >= 15 is 0 Å². The van der Waals surface area contributed by atoms with Crippen molar-refractivity contribution in [2.24, 2.45) is 23.2 Å². The van der Waals surface area contributed by atoms with Crippen molar-refractivity contribution >= 4 is 5.95 Å². The molecule has 0 atom stereocenters. The van der Waals surface area contributed by atoms with Crippen LogP contribution in [0.4, 0.5) is 5.95 Å². The zero-order valence-corrected chi connectivity index (χ0v) is 12.3. The minimum Gasteiger partial charge on any atom is -0.368 e. The quantitative estimate of drug-likeness (QED) is 0.919. The van der Waals surface area contributed by atoms with Crippen molar-refractivity contribution in [1.82, 2.24) is 15.0 Å². The second-order valence-electron chi connectivity index (χ2n) is 7.57. The predicted octanol–water partition coefficient (Wildman–Crippen LogP) is 2.91. The molecule has 2 N–H and O–H groups in total. The highest BCUT2D eigenvalue weighted by Gasteiger charge is 2.50. The molecule has 5 rings (SSSR count). The normalized spacial score (nSPS) is 38.4. The molecule has 0 saturated heterocycles. The first-order valence-corrected chi connectivity index (χ1v) is 8.07. The topological polar surface area (TPSA) is 64.7 Å². The van der Waals surface area contributed by atoms with Crippen molar-refractivity contribution in [2.45, 2.75) is 58.3 Å². The Morgan fingerprint density at radius 1 is 1.00 bits per heavy atom. The van der Waals surface area contributed by atoms with Gasteiger partial charge in [0.1, 0.15) is 11.6 Å². The van der Waals surface area contributed by atoms with Gasteiger partial charge in [0.2, 0.25) is 5.95 Å². The first-order valence-electron chi connectivity index (χ1n) is 8.07. The molecule has 4 saturated carbocycles. The van der Waals surface area contributed by atoms with Crippen LogP contribution in [0, 0.1) is 30.1 Å². The summed E-state index contributed by atoms with van der Waals surface area (Å²) in [6.45, 7) is 1.90. The van der Waals surface area contributed by atoms with Gasteiger partial charge < -0.3 is 5.73 Å². The van der Waals surface area contributed by atoms with Crippen molar-refractivity contribution in [3.8, 4) is 0 Å². The lowest BCUT2D eigenvalue weighted by Crippen LogP contribution is -2.46. The SMILES string of the molecule is Cc1nc(N)nc(CCC23CC4CC(CC(C4)C2)C3)n1. The van der Waals surface area contributed by atoms with Gasteiger partial charge in [0.05, 0.1) is 0 Å². The molecule has 0 radical (unpaired) electrons. The number of aryl methyl sites for hydroxylation is 2. The second-order valence-corrected chi connectivity index (χ2v) is 7.57. The predicted molar refractivity (Wildman–Crippen MR) is 77.9 cm³/mol. The Labute approximate surface area is 120 Å². The van der Waals surface area contributed by atoms with Crippen molar-refractivity contribution in [2.75, 3.05) is 5.73 Å². The highest BCUT2D eigenvalue weighted by molar-refractivity contribution is 5.15. The fourth-order valence-corrected chi connectivity index (χ4v) is 5.64. The van der Waals surface area contributed by atoms with Crippen LogP contribution in [-0.4, -0.2) is 15.0 Å². The first kappa shape index (κ1) is 12.5. The Kier molecular flexibility index (Phi) is 2.76. The summed E-state index contributed by atoms with van der Waals surface area (Å²) in [5.74, 6) is 5.08. The average Bonchev–Trinajstić information content (AvgIpc) is 2.34. The van der Waals surface area contributed by atoms with E-state index in [1.807, 2.05) is 6.92 Å². The molecule has 20 heavy (non-hydrogen) atoms. The van der Waals surface area contributed by atoms with E-state index in [9.17, 15) is 0 Å². The minimum atomic E-state index is 0.373. The summed E-state index contributed by atoms with van der Waals surface area (Å²) < 4.78 is 0. The number of hydrogen-bond donors (Lipinski definition) is 1. The van der Waals surface area contributed by atoms with E-state index in [1.54, 1.807) is 0 Å². The zero-order valence-electron chi connectivity index (χ0n) is 12.3. The molecule has 1 aromatic heterocycles. The van der Waals surface area contributed by atoms with Crippen molar-refractivity contribution in [3.63, 3.8) is 0 Å². The van der Waals surface area contributed by atoms with E-state index in [4.69, 9.17) is 5.73 Å². The van der Waals surface area contributed by atoms with Gasteiger partial charge in [-0.05, 0) is 75.0 Å². The Morgan fingerprint density at radius 3 is 2.15 bits per heavy atom. The third-order valence-corrected chi connectivity index (χ3v) is 5.85. The lowest BCUT2D eigenvalue weighted by atomic mass is 9.48. The zero-order chi connectivity index (χ0) is 13.7. The summed E-state index contributed by atoms with van der Waals surface area (Å²) in [6.07, 6.45) is 11.1. The molecular formula is C16H24N4. The maximum absolute atomic E-state index is 5.73. The molecule has 4 aliphatic rings. The molecule has 108 valence electrons. The van der Waals surface area contributed by atoms with Crippen molar-refractivity contribution < 1.29 is 0 Å². The van der Waals surface area contributed by atoms with Gasteiger partial charge in [0.15, 0.2) is 0 Å². The van der Waals surface area contributed by atoms with Gasteiger partial charge in [0, 0.05) is 6.42 Å². The van der Waals surface area contributed by atoms with Crippen LogP contribution in [0.5, 0.6) is 0 Å². The Balaban J connectivity index is 1.49. The largest absolute Gasteiger partial charge is 0.368 e. The fourth-order valence-electron chi connectivity index (χ4n) is 5.64. The van der Waals surface area contributed by atoms with Crippen LogP contribution >= 0.6 is 0 Å². The summed E-state index contributed by atoms with van der Waals surface area (Å²) in [6, 6.07) is 0. The monoisotopic (exact) mass is 272 g/mol. The molecule has 0 spiro atoms. The first-order chi connectivity index (χ1) is 9.60. The van der Waals surface area contributed by atoms with Gasteiger partial charge in [-0.15, -0.1) is 0 Å². The Hall–Kier alpha value is -1.19. The number of aromatic nitrogens is 3. The highest BCUT2D eigenvalue weighted by atomic mass is 15.1. The van der Waals surface area contributed by atoms with Crippen molar-refractivity contribution in [1.29, 1.82) is 0 Å². The second kappa shape index (κ2) is 4.40. The molecule has 0 aliphatic heterocycles. The van der Waals surface area contributed by atoms with E-state index < -0.39 is 0 Å². The smallest absolute Gasteiger partial charge is 0.223 e. The van der Waals surface area contributed by atoms with Gasteiger partial charge in [-0.25, -0.2) is 4.98 Å². The maximum Gasteiger partial charge on any atom is 0.223 e. The van der Waals surface area contributed by atoms with Crippen LogP contribution in [0.25, 0.3) is 0 Å². The Bertz CT molecular complexity index is 470. The molecule has 0 amide bonds. The number of nitrogens with zero attached hydrogens (tertiary/aromatic N) is 3. The van der Waals surface area contributed by atoms with E-state index in [1.165, 1.54) is 44.9 Å². The van der Waals surface area contributed by atoms with Crippen LogP contribution in [0.3, 0.4) is 0 Å². The number of nitrogens with two attached hydrogens (primary N) is 1.